The summed E-state index contributed by atoms with van der Waals surface area (Å²) in [6.45, 7) is 7.23. The van der Waals surface area contributed by atoms with Gasteiger partial charge in [-0.25, -0.2) is 4.68 Å². The first-order valence-corrected chi connectivity index (χ1v) is 18.3. The van der Waals surface area contributed by atoms with Gasteiger partial charge in [0.1, 0.15) is 6.04 Å². The number of allylic oxidation sites excluding steroid dienone is 1. The molecular formula is C36H38BrClN6O4S. The fraction of sp³-hybridized carbons (Fsp3) is 0.333. The number of methoxy groups -OCH3 is 1. The Morgan fingerprint density at radius 1 is 1.08 bits per heavy atom. The van der Waals surface area contributed by atoms with Crippen LogP contribution in [0.5, 0.6) is 11.5 Å². The van der Waals surface area contributed by atoms with Crippen molar-refractivity contribution in [2.45, 2.75) is 57.0 Å². The Hall–Kier alpha value is -4.00. The highest BCUT2D eigenvalue weighted by atomic mass is 79.9. The summed E-state index contributed by atoms with van der Waals surface area (Å²) in [5, 5.41) is 12.5. The third-order valence-electron chi connectivity index (χ3n) is 8.86. The largest absolute Gasteiger partial charge is 0.493 e. The van der Waals surface area contributed by atoms with Crippen molar-refractivity contribution < 1.29 is 19.1 Å². The molecule has 49 heavy (non-hydrogen) atoms. The van der Waals surface area contributed by atoms with Gasteiger partial charge in [-0.2, -0.15) is 4.98 Å². The van der Waals surface area contributed by atoms with Gasteiger partial charge in [0.25, 0.3) is 11.8 Å². The Labute approximate surface area is 303 Å². The van der Waals surface area contributed by atoms with Gasteiger partial charge in [-0.15, -0.1) is 5.10 Å². The number of nitrogens with zero attached hydrogens (tertiary/aromatic N) is 4. The maximum absolute atomic E-state index is 14.2. The van der Waals surface area contributed by atoms with E-state index < -0.39 is 6.04 Å². The lowest BCUT2D eigenvalue weighted by Gasteiger charge is -2.29. The molecule has 0 bridgehead atoms. The van der Waals surface area contributed by atoms with Crippen LogP contribution in [-0.4, -0.2) is 58.3 Å². The van der Waals surface area contributed by atoms with E-state index in [2.05, 4.69) is 26.6 Å². The lowest BCUT2D eigenvalue weighted by Crippen LogP contribution is -2.38. The molecule has 2 amide bonds. The van der Waals surface area contributed by atoms with E-state index in [1.165, 1.54) is 11.8 Å². The third kappa shape index (κ3) is 7.61. The number of carbonyl (C=O) groups excluding carboxylic acids is 2. The lowest BCUT2D eigenvalue weighted by atomic mass is 9.94. The average molecular weight is 766 g/mol. The molecule has 2 aliphatic rings. The van der Waals surface area contributed by atoms with Crippen LogP contribution in [0.25, 0.3) is 0 Å². The van der Waals surface area contributed by atoms with E-state index in [9.17, 15) is 9.59 Å². The molecule has 13 heteroatoms. The molecule has 2 aliphatic heterocycles. The molecule has 0 saturated carbocycles. The number of hydrogen-bond donors (Lipinski definition) is 2. The lowest BCUT2D eigenvalue weighted by molar-refractivity contribution is -0.134. The number of thioether (sulfide) groups is 1. The number of aryl methyl sites for hydroxylation is 1. The Morgan fingerprint density at radius 2 is 1.86 bits per heavy atom. The van der Waals surface area contributed by atoms with Gasteiger partial charge < -0.3 is 25.0 Å². The average Bonchev–Trinajstić information content (AvgIpc) is 3.50. The van der Waals surface area contributed by atoms with Crippen LogP contribution in [0, 0.1) is 13.8 Å². The molecule has 1 unspecified atom stereocenters. The molecular weight excluding hydrogens is 728 g/mol. The number of rotatable bonds is 10. The van der Waals surface area contributed by atoms with Crippen molar-refractivity contribution >= 4 is 62.7 Å². The first kappa shape index (κ1) is 34.8. The summed E-state index contributed by atoms with van der Waals surface area (Å²) < 4.78 is 14.2. The highest BCUT2D eigenvalue weighted by Crippen LogP contribution is 2.43. The monoisotopic (exact) mass is 764 g/mol. The zero-order chi connectivity index (χ0) is 34.7. The summed E-state index contributed by atoms with van der Waals surface area (Å²) in [5.74, 6) is 1.54. The summed E-state index contributed by atoms with van der Waals surface area (Å²) in [7, 11) is 1.55. The van der Waals surface area contributed by atoms with E-state index in [0.29, 0.717) is 54.7 Å². The van der Waals surface area contributed by atoms with Crippen molar-refractivity contribution in [3.63, 3.8) is 0 Å². The van der Waals surface area contributed by atoms with Crippen molar-refractivity contribution in [3.05, 3.63) is 97.6 Å². The topological polar surface area (TPSA) is 111 Å². The SMILES string of the molecule is COc1cc(C2C(C(=O)Nc3cccc(C)c3C)=C(C)Nc3nc(SCc4ccccc4Cl)nn32)cc(Br)c1OCC(=O)N1CCCCC1. The highest BCUT2D eigenvalue weighted by Gasteiger charge is 2.36. The van der Waals surface area contributed by atoms with Crippen LogP contribution in [0.15, 0.2) is 75.5 Å². The van der Waals surface area contributed by atoms with Gasteiger partial charge in [0.2, 0.25) is 11.1 Å². The number of nitrogens with one attached hydrogen (secondary N) is 2. The number of hydrogen-bond acceptors (Lipinski definition) is 8. The van der Waals surface area contributed by atoms with Gasteiger partial charge in [-0.05, 0) is 102 Å². The van der Waals surface area contributed by atoms with Crippen LogP contribution >= 0.6 is 39.3 Å². The first-order valence-electron chi connectivity index (χ1n) is 16.1. The number of ether oxygens (including phenoxy) is 2. The maximum Gasteiger partial charge on any atom is 0.260 e. The number of carbonyl (C=O) groups is 2. The Morgan fingerprint density at radius 3 is 2.61 bits per heavy atom. The molecule has 4 aromatic rings. The number of likely N-dealkylation sites (tertiary alicyclic amines) is 1. The summed E-state index contributed by atoms with van der Waals surface area (Å²) in [4.78, 5) is 33.8. The van der Waals surface area contributed by atoms with Crippen LogP contribution < -0.4 is 20.1 Å². The number of aromatic nitrogens is 3. The first-order chi connectivity index (χ1) is 23.6. The Bertz CT molecular complexity index is 1930. The van der Waals surface area contributed by atoms with Crippen molar-refractivity contribution in [1.82, 2.24) is 19.7 Å². The van der Waals surface area contributed by atoms with Gasteiger partial charge in [-0.1, -0.05) is 53.7 Å². The highest BCUT2D eigenvalue weighted by molar-refractivity contribution is 9.10. The molecule has 1 atom stereocenters. The van der Waals surface area contributed by atoms with E-state index in [1.54, 1.807) is 11.8 Å². The van der Waals surface area contributed by atoms with Crippen molar-refractivity contribution in [2.24, 2.45) is 0 Å². The third-order valence-corrected chi connectivity index (χ3v) is 10.7. The van der Waals surface area contributed by atoms with Crippen LogP contribution in [0.4, 0.5) is 11.6 Å². The second-order valence-corrected chi connectivity index (χ2v) is 14.3. The van der Waals surface area contributed by atoms with Crippen molar-refractivity contribution in [3.8, 4) is 11.5 Å². The second kappa shape index (κ2) is 15.3. The number of piperidine rings is 1. The molecule has 3 aromatic carbocycles. The number of halogens is 2. The zero-order valence-corrected chi connectivity index (χ0v) is 31.0. The summed E-state index contributed by atoms with van der Waals surface area (Å²) in [5.41, 5.74) is 5.56. The van der Waals surface area contributed by atoms with Gasteiger partial charge in [0, 0.05) is 35.2 Å². The summed E-state index contributed by atoms with van der Waals surface area (Å²) in [6, 6.07) is 16.5. The van der Waals surface area contributed by atoms with Gasteiger partial charge in [0.05, 0.1) is 17.2 Å². The fourth-order valence-corrected chi connectivity index (χ4v) is 7.72. The normalized spacial score (nSPS) is 15.8. The van der Waals surface area contributed by atoms with Gasteiger partial charge in [0.15, 0.2) is 18.1 Å². The standard InChI is InChI=1S/C36H38BrClN6O4S/c1-21-11-10-14-28(22(21)2)40-34(46)31-23(3)39-35-41-36(49-20-24-12-6-7-13-27(24)38)42-44(35)32(31)25-17-26(37)33(29(18-25)47-4)48-19-30(45)43-15-8-5-9-16-43/h6-7,10-14,17-18,32H,5,8-9,15-16,19-20H2,1-4H3,(H,40,46)(H,39,41,42). The summed E-state index contributed by atoms with van der Waals surface area (Å²) in [6.07, 6.45) is 3.14. The molecule has 0 spiro atoms. The van der Waals surface area contributed by atoms with E-state index >= 15 is 0 Å². The van der Waals surface area contributed by atoms with Crippen LogP contribution in [0.1, 0.15) is 54.5 Å². The number of amides is 2. The minimum atomic E-state index is -0.683. The predicted octanol–water partition coefficient (Wildman–Crippen LogP) is 7.93. The number of anilines is 2. The number of fused-ring (bicyclic) bond motifs is 1. The van der Waals surface area contributed by atoms with Gasteiger partial charge in [-0.3, -0.25) is 9.59 Å². The molecule has 10 nitrogen and oxygen atoms in total. The minimum Gasteiger partial charge on any atom is -0.493 e. The molecule has 3 heterocycles. The number of benzene rings is 3. The van der Waals surface area contributed by atoms with E-state index in [0.717, 1.165) is 54.7 Å². The summed E-state index contributed by atoms with van der Waals surface area (Å²) >= 11 is 11.5. The van der Waals surface area contributed by atoms with Crippen molar-refractivity contribution in [1.29, 1.82) is 0 Å². The molecule has 0 radical (unpaired) electrons. The second-order valence-electron chi connectivity index (χ2n) is 12.1. The zero-order valence-electron chi connectivity index (χ0n) is 27.8. The van der Waals surface area contributed by atoms with E-state index in [-0.39, 0.29) is 18.4 Å². The molecule has 1 fully saturated rings. The molecule has 0 aliphatic carbocycles. The maximum atomic E-state index is 14.2. The van der Waals surface area contributed by atoms with Crippen LogP contribution in [0.2, 0.25) is 5.02 Å². The molecule has 2 N–H and O–H groups in total. The Kier molecular flexibility index (Phi) is 10.9. The molecule has 6 rings (SSSR count). The van der Waals surface area contributed by atoms with Crippen molar-refractivity contribution in [2.75, 3.05) is 37.4 Å². The van der Waals surface area contributed by atoms with Crippen LogP contribution in [0.3, 0.4) is 0 Å². The van der Waals surface area contributed by atoms with E-state index in [4.69, 9.17) is 31.2 Å². The molecule has 1 aromatic heterocycles. The molecule has 256 valence electrons. The molecule has 1 saturated heterocycles. The van der Waals surface area contributed by atoms with E-state index in [1.807, 2.05) is 80.3 Å². The van der Waals surface area contributed by atoms with Crippen LogP contribution in [-0.2, 0) is 15.3 Å². The smallest absolute Gasteiger partial charge is 0.260 e. The fourth-order valence-electron chi connectivity index (χ4n) is 6.03. The Balaban J connectivity index is 1.35. The predicted molar refractivity (Wildman–Crippen MR) is 197 cm³/mol. The van der Waals surface area contributed by atoms with Gasteiger partial charge >= 0.3 is 0 Å². The quantitative estimate of drug-likeness (QED) is 0.157. The minimum absolute atomic E-state index is 0.0610.